The highest BCUT2D eigenvalue weighted by Gasteiger charge is 2.50. The van der Waals surface area contributed by atoms with E-state index in [0.29, 0.717) is 0 Å². The summed E-state index contributed by atoms with van der Waals surface area (Å²) >= 11 is 1.03. The first-order valence-corrected chi connectivity index (χ1v) is 12.0. The average Bonchev–Trinajstić information content (AvgIpc) is 3.47. The Balaban J connectivity index is 1.45. The van der Waals surface area contributed by atoms with Gasteiger partial charge in [0.25, 0.3) is 5.91 Å². The van der Waals surface area contributed by atoms with E-state index in [-0.39, 0.29) is 47.4 Å². The molecule has 2 aliphatic heterocycles. The van der Waals surface area contributed by atoms with Gasteiger partial charge in [0.15, 0.2) is 18.0 Å². The van der Waals surface area contributed by atoms with Crippen molar-refractivity contribution in [1.29, 1.82) is 0 Å². The number of nitrogens with zero attached hydrogens (tertiary/aromatic N) is 6. The number of halogens is 3. The molecule has 1 saturated heterocycles. The number of nitrogens with one attached hydrogen (secondary N) is 1. The van der Waals surface area contributed by atoms with E-state index in [1.807, 2.05) is 0 Å². The van der Waals surface area contributed by atoms with Crippen molar-refractivity contribution in [2.45, 2.75) is 38.7 Å². The topological polar surface area (TPSA) is 128 Å². The summed E-state index contributed by atoms with van der Waals surface area (Å²) in [7, 11) is 1.46. The molecular weight excluding hydrogens is 515 g/mol. The van der Waals surface area contributed by atoms with Crippen molar-refractivity contribution in [2.75, 3.05) is 25.5 Å². The van der Waals surface area contributed by atoms with E-state index in [2.05, 4.69) is 20.3 Å². The van der Waals surface area contributed by atoms with Crippen molar-refractivity contribution in [2.24, 2.45) is 4.99 Å². The van der Waals surface area contributed by atoms with Crippen LogP contribution in [0.1, 0.15) is 24.6 Å². The van der Waals surface area contributed by atoms with Crippen LogP contribution in [0, 0.1) is 6.92 Å². The molecule has 4 heterocycles. The van der Waals surface area contributed by atoms with Gasteiger partial charge in [0.1, 0.15) is 10.8 Å². The maximum absolute atomic E-state index is 13.2. The van der Waals surface area contributed by atoms with Crippen molar-refractivity contribution in [3.8, 4) is 10.6 Å². The summed E-state index contributed by atoms with van der Waals surface area (Å²) in [5.74, 6) is -1.37. The maximum Gasteiger partial charge on any atom is 0.418 e. The SMILES string of the molecule is CCC(=O)CN1C(=O)C2C(N=CN2CC(=O)Nc2csc(-c3cnc(C)c(C(F)(F)F)c3)n2)N(C)C1=O. The number of hydrogen-bond donors (Lipinski definition) is 1. The van der Waals surface area contributed by atoms with Crippen molar-refractivity contribution in [3.63, 3.8) is 0 Å². The fourth-order valence-electron chi connectivity index (χ4n) is 3.94. The summed E-state index contributed by atoms with van der Waals surface area (Å²) in [6.45, 7) is 2.20. The lowest BCUT2D eigenvalue weighted by Crippen LogP contribution is -2.65. The minimum Gasteiger partial charge on any atom is -0.338 e. The smallest absolute Gasteiger partial charge is 0.338 e. The van der Waals surface area contributed by atoms with Gasteiger partial charge >= 0.3 is 12.2 Å². The van der Waals surface area contributed by atoms with Gasteiger partial charge in [-0.15, -0.1) is 11.3 Å². The molecule has 1 N–H and O–H groups in total. The van der Waals surface area contributed by atoms with Gasteiger partial charge in [0.2, 0.25) is 5.91 Å². The number of Topliss-reactive ketones (excluding diaryl/α,β-unsaturated/α-hetero) is 1. The number of aromatic nitrogens is 2. The van der Waals surface area contributed by atoms with E-state index in [9.17, 15) is 32.3 Å². The van der Waals surface area contributed by atoms with Crippen LogP contribution in [0.3, 0.4) is 0 Å². The standard InChI is InChI=1S/C22H22F3N7O4S/c1-4-13(33)7-32-20(35)17-18(30(3)21(32)36)27-10-31(17)8-16(34)28-15-9-37-19(29-15)12-5-14(22(23,24)25)11(2)26-6-12/h5-6,9-10,17-18H,4,7-8H2,1-3H3,(H,28,34). The fourth-order valence-corrected chi connectivity index (χ4v) is 4.67. The molecule has 11 nitrogen and oxygen atoms in total. The number of carbonyl (C=O) groups is 4. The second kappa shape index (κ2) is 9.88. The number of imide groups is 1. The molecule has 2 aromatic rings. The van der Waals surface area contributed by atoms with Crippen LogP contribution in [0.5, 0.6) is 0 Å². The molecule has 0 bridgehead atoms. The normalized spacial score (nSPS) is 19.5. The Hall–Kier alpha value is -3.88. The summed E-state index contributed by atoms with van der Waals surface area (Å²) in [6, 6.07) is -0.677. The van der Waals surface area contributed by atoms with Gasteiger partial charge in [-0.1, -0.05) is 6.92 Å². The number of urea groups is 1. The van der Waals surface area contributed by atoms with Gasteiger partial charge < -0.3 is 15.1 Å². The summed E-state index contributed by atoms with van der Waals surface area (Å²) in [5, 5.41) is 4.25. The van der Waals surface area contributed by atoms with E-state index in [1.165, 1.54) is 41.7 Å². The first kappa shape index (κ1) is 26.2. The zero-order valence-corrected chi connectivity index (χ0v) is 20.8. The van der Waals surface area contributed by atoms with Crippen molar-refractivity contribution in [3.05, 3.63) is 28.9 Å². The van der Waals surface area contributed by atoms with Crippen LogP contribution in [-0.2, 0) is 20.6 Å². The summed E-state index contributed by atoms with van der Waals surface area (Å²) < 4.78 is 39.7. The minimum atomic E-state index is -4.56. The Morgan fingerprint density at radius 1 is 1.22 bits per heavy atom. The highest BCUT2D eigenvalue weighted by Crippen LogP contribution is 2.35. The van der Waals surface area contributed by atoms with Crippen molar-refractivity contribution in [1.82, 2.24) is 24.7 Å². The van der Waals surface area contributed by atoms with Crippen LogP contribution in [0.4, 0.5) is 23.8 Å². The quantitative estimate of drug-likeness (QED) is 0.574. The van der Waals surface area contributed by atoms with Gasteiger partial charge in [-0.3, -0.25) is 24.3 Å². The van der Waals surface area contributed by atoms with Crippen molar-refractivity contribution < 1.29 is 32.3 Å². The third-order valence-corrected chi connectivity index (χ3v) is 6.81. The first-order valence-electron chi connectivity index (χ1n) is 11.1. The number of aryl methyl sites for hydroxylation is 1. The molecule has 4 amide bonds. The first-order chi connectivity index (χ1) is 17.4. The van der Waals surface area contributed by atoms with Gasteiger partial charge in [0.05, 0.1) is 25.0 Å². The average molecular weight is 538 g/mol. The molecule has 2 atom stereocenters. The molecule has 196 valence electrons. The Kier molecular flexibility index (Phi) is 6.99. The molecule has 4 rings (SSSR count). The lowest BCUT2D eigenvalue weighted by molar-refractivity contribution is -0.140. The van der Waals surface area contributed by atoms with Crippen LogP contribution < -0.4 is 5.32 Å². The van der Waals surface area contributed by atoms with Crippen LogP contribution >= 0.6 is 11.3 Å². The summed E-state index contributed by atoms with van der Waals surface area (Å²) in [5.41, 5.74) is -0.877. The predicted molar refractivity (Wildman–Crippen MR) is 127 cm³/mol. The second-order valence-electron chi connectivity index (χ2n) is 8.45. The van der Waals surface area contributed by atoms with E-state index >= 15 is 0 Å². The van der Waals surface area contributed by atoms with Crippen LogP contribution in [0.25, 0.3) is 10.6 Å². The molecule has 0 aliphatic carbocycles. The van der Waals surface area contributed by atoms with Gasteiger partial charge in [-0.25, -0.2) is 14.8 Å². The monoisotopic (exact) mass is 537 g/mol. The predicted octanol–water partition coefficient (Wildman–Crippen LogP) is 2.38. The zero-order valence-electron chi connectivity index (χ0n) is 19.9. The number of hydrogen-bond acceptors (Lipinski definition) is 9. The lowest BCUT2D eigenvalue weighted by atomic mass is 10.1. The second-order valence-corrected chi connectivity index (χ2v) is 9.30. The Bertz CT molecular complexity index is 1300. The number of ketones is 1. The molecule has 2 unspecified atom stereocenters. The molecule has 1 fully saturated rings. The molecule has 37 heavy (non-hydrogen) atoms. The highest BCUT2D eigenvalue weighted by atomic mass is 32.1. The number of aliphatic imine (C=N–C) groups is 1. The maximum atomic E-state index is 13.2. The largest absolute Gasteiger partial charge is 0.418 e. The summed E-state index contributed by atoms with van der Waals surface area (Å²) in [4.78, 5) is 65.8. The molecule has 0 aromatic carbocycles. The molecular formula is C22H22F3N7O4S. The number of thiazole rings is 1. The molecule has 15 heteroatoms. The van der Waals surface area contributed by atoms with Gasteiger partial charge in [-0.05, 0) is 13.0 Å². The lowest BCUT2D eigenvalue weighted by Gasteiger charge is -2.40. The summed E-state index contributed by atoms with van der Waals surface area (Å²) in [6.07, 6.45) is -2.68. The number of likely N-dealkylation sites (N-methyl/N-ethyl adjacent to an activating group) is 1. The third-order valence-electron chi connectivity index (χ3n) is 5.92. The Morgan fingerprint density at radius 3 is 2.62 bits per heavy atom. The molecule has 2 aliphatic rings. The molecule has 0 spiro atoms. The van der Waals surface area contributed by atoms with Crippen LogP contribution in [0.15, 0.2) is 22.6 Å². The number of anilines is 1. The third kappa shape index (κ3) is 5.16. The van der Waals surface area contributed by atoms with E-state index < -0.39 is 41.8 Å². The van der Waals surface area contributed by atoms with E-state index in [1.54, 1.807) is 6.92 Å². The van der Waals surface area contributed by atoms with Gasteiger partial charge in [0, 0.05) is 36.3 Å². The minimum absolute atomic E-state index is 0.115. The fraction of sp³-hybridized carbons (Fsp3) is 0.409. The number of amides is 4. The van der Waals surface area contributed by atoms with E-state index in [0.717, 1.165) is 22.3 Å². The number of carbonyl (C=O) groups excluding carboxylic acids is 4. The highest BCUT2D eigenvalue weighted by molar-refractivity contribution is 7.13. The van der Waals surface area contributed by atoms with Crippen LogP contribution in [0.2, 0.25) is 0 Å². The number of rotatable bonds is 7. The number of fused-ring (bicyclic) bond motifs is 1. The molecule has 0 saturated carbocycles. The molecule has 0 radical (unpaired) electrons. The van der Waals surface area contributed by atoms with Gasteiger partial charge in [-0.2, -0.15) is 13.2 Å². The Labute approximate surface area is 213 Å². The van der Waals surface area contributed by atoms with Crippen LogP contribution in [-0.4, -0.2) is 87.0 Å². The number of alkyl halides is 3. The van der Waals surface area contributed by atoms with Crippen molar-refractivity contribution >= 4 is 47.1 Å². The Morgan fingerprint density at radius 2 is 1.95 bits per heavy atom. The van der Waals surface area contributed by atoms with E-state index in [4.69, 9.17) is 0 Å². The molecule has 2 aromatic heterocycles. The number of pyridine rings is 1. The zero-order chi connectivity index (χ0) is 27.1.